The van der Waals surface area contributed by atoms with Crippen molar-refractivity contribution in [1.29, 1.82) is 0 Å². The maximum atomic E-state index is 13.1. The third kappa shape index (κ3) is 2.60. The Morgan fingerprint density at radius 3 is 2.41 bits per heavy atom. The third-order valence-electron chi connectivity index (χ3n) is 3.24. The van der Waals surface area contributed by atoms with Crippen molar-refractivity contribution in [3.63, 3.8) is 0 Å². The van der Waals surface area contributed by atoms with Crippen molar-refractivity contribution < 1.29 is 17.6 Å². The fourth-order valence-electron chi connectivity index (χ4n) is 2.33. The van der Waals surface area contributed by atoms with Crippen LogP contribution in [0, 0.1) is 5.82 Å². The van der Waals surface area contributed by atoms with E-state index in [1.807, 2.05) is 0 Å². The van der Waals surface area contributed by atoms with Crippen LogP contribution in [-0.4, -0.2) is 6.04 Å². The van der Waals surface area contributed by atoms with Gasteiger partial charge < -0.3 is 5.73 Å². The molecule has 2 N–H and O–H groups in total. The maximum Gasteiger partial charge on any atom is 0.419 e. The van der Waals surface area contributed by atoms with E-state index in [1.165, 1.54) is 6.07 Å². The molecule has 5 heteroatoms. The summed E-state index contributed by atoms with van der Waals surface area (Å²) >= 11 is 0. The van der Waals surface area contributed by atoms with Gasteiger partial charge in [0.1, 0.15) is 5.82 Å². The smallest absolute Gasteiger partial charge is 0.328 e. The van der Waals surface area contributed by atoms with Crippen molar-refractivity contribution in [2.24, 2.45) is 5.73 Å². The van der Waals surface area contributed by atoms with Gasteiger partial charge in [-0.15, -0.1) is 0 Å². The molecule has 0 radical (unpaired) electrons. The molecule has 0 aromatic heterocycles. The second kappa shape index (κ2) is 4.29. The lowest BCUT2D eigenvalue weighted by atomic mass is 9.95. The van der Waals surface area contributed by atoms with E-state index in [9.17, 15) is 17.6 Å². The van der Waals surface area contributed by atoms with Crippen LogP contribution in [0.5, 0.6) is 0 Å². The Kier molecular flexibility index (Phi) is 3.12. The third-order valence-corrected chi connectivity index (χ3v) is 3.24. The van der Waals surface area contributed by atoms with Crippen molar-refractivity contribution in [2.75, 3.05) is 0 Å². The minimum atomic E-state index is -4.64. The molecule has 94 valence electrons. The molecule has 0 bridgehead atoms. The van der Waals surface area contributed by atoms with Crippen LogP contribution in [0.2, 0.25) is 0 Å². The summed E-state index contributed by atoms with van der Waals surface area (Å²) in [6.45, 7) is 0. The molecule has 17 heavy (non-hydrogen) atoms. The zero-order chi connectivity index (χ0) is 12.6. The molecule has 2 unspecified atom stereocenters. The summed E-state index contributed by atoms with van der Waals surface area (Å²) in [5.41, 5.74) is 5.07. The van der Waals surface area contributed by atoms with Gasteiger partial charge in [0.15, 0.2) is 0 Å². The Bertz CT molecular complexity index is 413. The van der Waals surface area contributed by atoms with Gasteiger partial charge in [0, 0.05) is 6.04 Å². The number of benzene rings is 1. The molecular formula is C12H13F4N. The molecule has 1 aromatic carbocycles. The van der Waals surface area contributed by atoms with Crippen molar-refractivity contribution in [3.05, 3.63) is 35.1 Å². The molecule has 1 aliphatic carbocycles. The summed E-state index contributed by atoms with van der Waals surface area (Å²) in [5, 5.41) is 0. The lowest BCUT2D eigenvalue weighted by molar-refractivity contribution is -0.140. The molecule has 0 heterocycles. The minimum absolute atomic E-state index is 0.0201. The van der Waals surface area contributed by atoms with Crippen molar-refractivity contribution >= 4 is 0 Å². The van der Waals surface area contributed by atoms with Crippen molar-refractivity contribution in [3.8, 4) is 0 Å². The number of alkyl halides is 3. The summed E-state index contributed by atoms with van der Waals surface area (Å²) in [4.78, 5) is 0. The zero-order valence-corrected chi connectivity index (χ0v) is 9.10. The monoisotopic (exact) mass is 247 g/mol. The van der Waals surface area contributed by atoms with Gasteiger partial charge >= 0.3 is 6.18 Å². The highest BCUT2D eigenvalue weighted by molar-refractivity contribution is 5.30. The predicted octanol–water partition coefficient (Wildman–Crippen LogP) is 3.44. The quantitative estimate of drug-likeness (QED) is 0.756. The number of rotatable bonds is 1. The van der Waals surface area contributed by atoms with E-state index < -0.39 is 17.6 Å². The Balaban J connectivity index is 2.31. The average Bonchev–Trinajstić information content (AvgIpc) is 2.64. The topological polar surface area (TPSA) is 26.0 Å². The first-order valence-electron chi connectivity index (χ1n) is 5.50. The van der Waals surface area contributed by atoms with Crippen LogP contribution >= 0.6 is 0 Å². The molecule has 0 saturated heterocycles. The molecule has 0 aliphatic heterocycles. The number of halogens is 4. The van der Waals surface area contributed by atoms with E-state index in [0.29, 0.717) is 12.0 Å². The summed E-state index contributed by atoms with van der Waals surface area (Å²) < 4.78 is 50.7. The summed E-state index contributed by atoms with van der Waals surface area (Å²) in [6.07, 6.45) is -2.39. The maximum absolute atomic E-state index is 13.1. The second-order valence-electron chi connectivity index (χ2n) is 4.51. The van der Waals surface area contributed by atoms with Gasteiger partial charge in [0.2, 0.25) is 0 Å². The largest absolute Gasteiger partial charge is 0.419 e. The summed E-state index contributed by atoms with van der Waals surface area (Å²) in [7, 11) is 0. The van der Waals surface area contributed by atoms with Gasteiger partial charge in [0.05, 0.1) is 5.56 Å². The highest BCUT2D eigenvalue weighted by atomic mass is 19.4. The highest BCUT2D eigenvalue weighted by Crippen LogP contribution is 2.37. The van der Waals surface area contributed by atoms with E-state index in [2.05, 4.69) is 0 Å². The molecule has 0 amide bonds. The van der Waals surface area contributed by atoms with E-state index in [4.69, 9.17) is 5.73 Å². The van der Waals surface area contributed by atoms with Crippen LogP contribution in [0.15, 0.2) is 18.2 Å². The van der Waals surface area contributed by atoms with Gasteiger partial charge in [-0.3, -0.25) is 0 Å². The molecule has 1 nitrogen and oxygen atoms in total. The molecule has 1 aliphatic rings. The zero-order valence-electron chi connectivity index (χ0n) is 9.10. The Morgan fingerprint density at radius 1 is 1.18 bits per heavy atom. The van der Waals surface area contributed by atoms with Crippen LogP contribution in [0.3, 0.4) is 0 Å². The van der Waals surface area contributed by atoms with Crippen LogP contribution < -0.4 is 5.73 Å². The van der Waals surface area contributed by atoms with Crippen LogP contribution in [-0.2, 0) is 6.18 Å². The van der Waals surface area contributed by atoms with Crippen molar-refractivity contribution in [1.82, 2.24) is 0 Å². The Morgan fingerprint density at radius 2 is 1.88 bits per heavy atom. The lowest BCUT2D eigenvalue weighted by Crippen LogP contribution is -2.14. The SMILES string of the molecule is NC1CCC(c2ccc(F)c(C(F)(F)F)c2)C1. The number of hydrogen-bond acceptors (Lipinski definition) is 1. The van der Waals surface area contributed by atoms with Crippen LogP contribution in [0.25, 0.3) is 0 Å². The molecular weight excluding hydrogens is 234 g/mol. The number of nitrogens with two attached hydrogens (primary N) is 1. The minimum Gasteiger partial charge on any atom is -0.328 e. The molecule has 2 rings (SSSR count). The fraction of sp³-hybridized carbons (Fsp3) is 0.500. The first kappa shape index (κ1) is 12.4. The van der Waals surface area contributed by atoms with Crippen LogP contribution in [0.4, 0.5) is 17.6 Å². The van der Waals surface area contributed by atoms with Gasteiger partial charge in [-0.2, -0.15) is 13.2 Å². The molecule has 1 saturated carbocycles. The van der Waals surface area contributed by atoms with E-state index in [1.54, 1.807) is 0 Å². The van der Waals surface area contributed by atoms with Gasteiger partial charge in [-0.1, -0.05) is 6.07 Å². The van der Waals surface area contributed by atoms with Crippen LogP contribution in [0.1, 0.15) is 36.3 Å². The molecule has 1 aromatic rings. The highest BCUT2D eigenvalue weighted by Gasteiger charge is 2.35. The predicted molar refractivity (Wildman–Crippen MR) is 56.0 cm³/mol. The Hall–Kier alpha value is -1.10. The number of hydrogen-bond donors (Lipinski definition) is 1. The summed E-state index contributed by atoms with van der Waals surface area (Å²) in [5.74, 6) is -1.20. The molecule has 1 fully saturated rings. The van der Waals surface area contributed by atoms with Gasteiger partial charge in [-0.05, 0) is 42.9 Å². The normalized spacial score (nSPS) is 25.2. The van der Waals surface area contributed by atoms with Crippen molar-refractivity contribution in [2.45, 2.75) is 37.4 Å². The molecule has 2 atom stereocenters. The van der Waals surface area contributed by atoms with E-state index in [0.717, 1.165) is 25.0 Å². The van der Waals surface area contributed by atoms with E-state index >= 15 is 0 Å². The Labute approximate surface area is 96.6 Å². The summed E-state index contributed by atoms with van der Waals surface area (Å²) in [6, 6.07) is 3.27. The first-order valence-corrected chi connectivity index (χ1v) is 5.50. The standard InChI is InChI=1S/C12H13F4N/c13-11-4-2-8(6-10(11)12(14,15)16)7-1-3-9(17)5-7/h2,4,6-7,9H,1,3,5,17H2. The molecule has 0 spiro atoms. The average molecular weight is 247 g/mol. The second-order valence-corrected chi connectivity index (χ2v) is 4.51. The van der Waals surface area contributed by atoms with Gasteiger partial charge in [-0.25, -0.2) is 4.39 Å². The van der Waals surface area contributed by atoms with E-state index in [-0.39, 0.29) is 12.0 Å². The first-order chi connectivity index (χ1) is 7.88. The lowest BCUT2D eigenvalue weighted by Gasteiger charge is -2.14. The van der Waals surface area contributed by atoms with Gasteiger partial charge in [0.25, 0.3) is 0 Å². The fourth-order valence-corrected chi connectivity index (χ4v) is 2.33.